The zero-order chi connectivity index (χ0) is 63.5. The van der Waals surface area contributed by atoms with Crippen LogP contribution in [0.5, 0.6) is 0 Å². The van der Waals surface area contributed by atoms with E-state index >= 15 is 0 Å². The minimum Gasteiger partial charge on any atom is -0.481 e. The fourth-order valence-electron chi connectivity index (χ4n) is 8.96. The lowest BCUT2D eigenvalue weighted by Crippen LogP contribution is -2.41. The summed E-state index contributed by atoms with van der Waals surface area (Å²) in [5.74, 6) is -1.62. The van der Waals surface area contributed by atoms with Gasteiger partial charge in [-0.15, -0.1) is 34.0 Å². The smallest absolute Gasteiger partial charge is 0.481 e. The monoisotopic (exact) mass is 1380 g/mol. The van der Waals surface area contributed by atoms with Gasteiger partial charge in [-0.25, -0.2) is 43.7 Å². The Kier molecular flexibility index (Phi) is 20.0. The third-order valence-electron chi connectivity index (χ3n) is 14.5. The average molecular weight is 1380 g/mol. The zero-order valence-corrected chi connectivity index (χ0v) is 54.9. The summed E-state index contributed by atoms with van der Waals surface area (Å²) in [5, 5.41) is 7.98. The quantitative estimate of drug-likeness (QED) is 0.0848. The van der Waals surface area contributed by atoms with Crippen LogP contribution in [0.4, 0.5) is 20.4 Å². The van der Waals surface area contributed by atoms with Gasteiger partial charge in [0.05, 0.1) is 68.5 Å². The fourth-order valence-corrected chi connectivity index (χ4v) is 11.5. The molecule has 28 heteroatoms. The van der Waals surface area contributed by atoms with Crippen molar-refractivity contribution in [3.8, 4) is 22.5 Å². The maximum Gasteiger partial charge on any atom is 0.496 e. The molecular formula is C60H62BBr2F2N13O7S3. The normalized spacial score (nSPS) is 17.5. The maximum atomic E-state index is 13.2. The summed E-state index contributed by atoms with van der Waals surface area (Å²) < 4.78 is 46.3. The lowest BCUT2D eigenvalue weighted by molar-refractivity contribution is -0.139. The highest BCUT2D eigenvalue weighted by Crippen LogP contribution is 2.39. The number of Topliss-reactive ketones (excluding diaryl/α,β-unsaturated/α-hetero) is 3. The molecule has 3 fully saturated rings. The second-order valence-corrected chi connectivity index (χ2v) is 27.0. The van der Waals surface area contributed by atoms with E-state index in [-0.39, 0.29) is 52.9 Å². The van der Waals surface area contributed by atoms with Crippen LogP contribution in [0.25, 0.3) is 45.1 Å². The van der Waals surface area contributed by atoms with Crippen LogP contribution in [-0.4, -0.2) is 112 Å². The van der Waals surface area contributed by atoms with Crippen molar-refractivity contribution in [1.29, 1.82) is 0 Å². The number of aliphatic carboxylic acids is 1. The highest BCUT2D eigenvalue weighted by Gasteiger charge is 2.52. The van der Waals surface area contributed by atoms with Crippen molar-refractivity contribution in [3.05, 3.63) is 149 Å². The van der Waals surface area contributed by atoms with Gasteiger partial charge in [0.15, 0.2) is 11.6 Å². The van der Waals surface area contributed by atoms with Gasteiger partial charge >= 0.3 is 13.1 Å². The number of nitrogens with two attached hydrogens (primary N) is 2. The maximum absolute atomic E-state index is 13.2. The van der Waals surface area contributed by atoms with Crippen molar-refractivity contribution in [2.24, 2.45) is 11.8 Å². The molecule has 0 unspecified atom stereocenters. The molecule has 5 N–H and O–H groups in total. The molecule has 2 aliphatic carbocycles. The number of anilines is 2. The summed E-state index contributed by atoms with van der Waals surface area (Å²) in [6.07, 6.45) is 12.4. The molecular weight excluding hydrogens is 1320 g/mol. The van der Waals surface area contributed by atoms with Crippen molar-refractivity contribution in [1.82, 2.24) is 52.5 Å². The molecule has 2 saturated carbocycles. The Bertz CT molecular complexity index is 4330. The highest BCUT2D eigenvalue weighted by atomic mass is 79.9. The molecule has 0 radical (unpaired) electrons. The largest absolute Gasteiger partial charge is 0.496 e. The second-order valence-electron chi connectivity index (χ2n) is 22.1. The molecule has 458 valence electrons. The Morgan fingerprint density at radius 2 is 1.10 bits per heavy atom. The number of hydrogen-bond acceptors (Lipinski definition) is 18. The number of thiazole rings is 3. The molecule has 0 amide bonds. The number of alkyl halides is 2. The van der Waals surface area contributed by atoms with Crippen molar-refractivity contribution in [3.63, 3.8) is 0 Å². The third-order valence-corrected chi connectivity index (χ3v) is 18.3. The number of nitrogen functional groups attached to an aromatic ring is 2. The molecule has 0 aromatic carbocycles. The molecule has 20 nitrogen and oxygen atoms in total. The van der Waals surface area contributed by atoms with Crippen molar-refractivity contribution in [2.75, 3.05) is 11.5 Å². The van der Waals surface area contributed by atoms with E-state index in [1.54, 1.807) is 76.2 Å². The lowest BCUT2D eigenvalue weighted by atomic mass is 9.80. The number of nitrogens with zero attached hydrogens (tertiary/aromatic N) is 11. The number of carbonyl (C=O) groups excluding carboxylic acids is 3. The molecule has 11 aromatic rings. The van der Waals surface area contributed by atoms with Crippen LogP contribution in [0, 0.1) is 32.6 Å². The van der Waals surface area contributed by atoms with Crippen LogP contribution in [0.3, 0.4) is 0 Å². The van der Waals surface area contributed by atoms with Gasteiger partial charge < -0.3 is 39.1 Å². The van der Waals surface area contributed by atoms with Crippen LogP contribution >= 0.6 is 65.9 Å². The van der Waals surface area contributed by atoms with E-state index in [1.165, 1.54) is 9.75 Å². The Morgan fingerprint density at radius 1 is 0.625 bits per heavy atom. The minimum absolute atomic E-state index is 0.106. The molecule has 11 aromatic heterocycles. The summed E-state index contributed by atoms with van der Waals surface area (Å²) in [6, 6.07) is 15.4. The van der Waals surface area contributed by atoms with Crippen LogP contribution < -0.4 is 16.9 Å². The van der Waals surface area contributed by atoms with Gasteiger partial charge in [-0.1, -0.05) is 6.07 Å². The summed E-state index contributed by atoms with van der Waals surface area (Å²) in [4.78, 5) is 77.5. The molecule has 12 heterocycles. The summed E-state index contributed by atoms with van der Waals surface area (Å²) in [6.45, 7) is 17.4. The number of halogens is 4. The summed E-state index contributed by atoms with van der Waals surface area (Å²) in [5.41, 5.74) is 26.0. The van der Waals surface area contributed by atoms with Crippen LogP contribution in [0.2, 0.25) is 0 Å². The first-order valence-corrected chi connectivity index (χ1v) is 31.8. The number of carboxylic acids is 1. The molecule has 3 aliphatic rings. The first-order valence-electron chi connectivity index (χ1n) is 27.5. The van der Waals surface area contributed by atoms with Gasteiger partial charge in [0.25, 0.3) is 0 Å². The van der Waals surface area contributed by atoms with Gasteiger partial charge in [0.2, 0.25) is 0 Å². The van der Waals surface area contributed by atoms with Gasteiger partial charge in [-0.2, -0.15) is 0 Å². The second kappa shape index (κ2) is 27.1. The number of imidazole rings is 4. The van der Waals surface area contributed by atoms with E-state index in [4.69, 9.17) is 25.9 Å². The number of ketones is 3. The molecule has 0 bridgehead atoms. The SMILES string of the molecule is CC(=O)Cc1cn2cc(B3OC(C)(C)C(C)(C)O3)ccc2n1.CC(=O)Cc1cn2cc(Br)ccc2n1.Cc1scnc1-c1ccc2nc(N)c(C(=O)[C@@H]3C[C@@H]3F)n2c1.Cc1scnc1-c1ccc2nc(N)cn2c1.Cc1scnc1Br.O=C(O)[C@@H]1C[C@@H]1F. The summed E-state index contributed by atoms with van der Waals surface area (Å²) in [7, 11) is -0.395. The standard InChI is InChI=1S/C16H21BN2O3.C15H13FN4OS.C11H10N4S.C10H9BrN2O.C4H4BrNS.C4H5FO2/c1-11(20)8-13-10-19-9-12(6-7-14(19)18-13)17-21-15(2,3)16(4,5)22-17;1-7-12(18-6-22-7)8-2-3-11-19-15(17)13(20(11)5-8)14(21)9-4-10(9)16;1-7-11(13-6-16-7)8-2-3-10-14-9(12)5-15(10)4-8;1-7(14)4-9-6-13-5-8(11)2-3-10(13)12-9;1-3-4(5)6-2-7-3;5-3-1-2(3)4(6)7/h6-7,9-10H,8H2,1-5H3;2-3,5-6,9-10H,4,17H2,1H3;2-6H,12H2,1H3;2-3,5-6H,4H2,1H3;2H,1H3;2-3H,1H2,(H,6,7)/t;9-,10+;;;;2-,3+/m.1...1/s1. The predicted octanol–water partition coefficient (Wildman–Crippen LogP) is 11.9. The summed E-state index contributed by atoms with van der Waals surface area (Å²) >= 11 is 11.5. The molecule has 1 saturated heterocycles. The first kappa shape index (κ1) is 65.0. The van der Waals surface area contributed by atoms with Crippen LogP contribution in [0.15, 0.2) is 118 Å². The van der Waals surface area contributed by atoms with E-state index in [1.807, 2.05) is 139 Å². The zero-order valence-electron chi connectivity index (χ0n) is 49.3. The van der Waals surface area contributed by atoms with Gasteiger partial charge in [0, 0.05) is 80.3 Å². The molecule has 88 heavy (non-hydrogen) atoms. The number of carboxylic acid groups (broad SMARTS) is 1. The Morgan fingerprint density at radius 3 is 1.57 bits per heavy atom. The van der Waals surface area contributed by atoms with Gasteiger partial charge in [0.1, 0.15) is 62.6 Å². The number of aryl methyl sites for hydroxylation is 3. The van der Waals surface area contributed by atoms with Crippen molar-refractivity contribution < 1.29 is 42.4 Å². The van der Waals surface area contributed by atoms with Crippen LogP contribution in [0.1, 0.15) is 90.9 Å². The van der Waals surface area contributed by atoms with E-state index in [9.17, 15) is 28.0 Å². The van der Waals surface area contributed by atoms with Gasteiger partial charge in [-0.3, -0.25) is 23.6 Å². The number of hydrogen-bond donors (Lipinski definition) is 3. The number of rotatable bonds is 10. The Labute approximate surface area is 533 Å². The first-order chi connectivity index (χ1) is 41.6. The number of aromatic nitrogens is 11. The topological polar surface area (TPSA) is 267 Å². The average Bonchev–Trinajstić information content (AvgIpc) is 1.76. The third kappa shape index (κ3) is 15.7. The lowest BCUT2D eigenvalue weighted by Gasteiger charge is -2.32. The van der Waals surface area contributed by atoms with E-state index < -0.39 is 37.3 Å². The van der Waals surface area contributed by atoms with E-state index in [0.29, 0.717) is 24.3 Å². The fraction of sp³-hybridized carbons (Fsp3) is 0.317. The van der Waals surface area contributed by atoms with Crippen LogP contribution in [-0.2, 0) is 36.5 Å². The Hall–Kier alpha value is -7.47. The van der Waals surface area contributed by atoms with Crippen molar-refractivity contribution in [2.45, 2.75) is 112 Å². The molecule has 14 rings (SSSR count). The minimum atomic E-state index is -1.06. The molecule has 1 aliphatic heterocycles. The number of carbonyl (C=O) groups is 4. The van der Waals surface area contributed by atoms with E-state index in [0.717, 1.165) is 70.3 Å². The number of fused-ring (bicyclic) bond motifs is 4. The Balaban J connectivity index is 0.000000131. The van der Waals surface area contributed by atoms with Crippen molar-refractivity contribution >= 4 is 136 Å². The molecule has 0 spiro atoms. The van der Waals surface area contributed by atoms with E-state index in [2.05, 4.69) is 73.7 Å². The van der Waals surface area contributed by atoms with Gasteiger partial charge in [-0.05, 0) is 155 Å². The predicted molar refractivity (Wildman–Crippen MR) is 346 cm³/mol. The highest BCUT2D eigenvalue weighted by molar-refractivity contribution is 9.10. The number of pyridine rings is 4. The molecule has 4 atom stereocenters.